The number of amides is 1. The van der Waals surface area contributed by atoms with E-state index in [1.807, 2.05) is 0 Å². The highest BCUT2D eigenvalue weighted by molar-refractivity contribution is 7.87. The van der Waals surface area contributed by atoms with Gasteiger partial charge < -0.3 is 10.0 Å². The van der Waals surface area contributed by atoms with Gasteiger partial charge in [-0.2, -0.15) is 8.42 Å². The lowest BCUT2D eigenvalue weighted by molar-refractivity contribution is -0.148. The smallest absolute Gasteiger partial charge is 0.331 e. The second kappa shape index (κ2) is 5.20. The molecule has 1 aliphatic rings. The maximum atomic E-state index is 13.0. The maximum Gasteiger partial charge on any atom is 0.331 e. The van der Waals surface area contributed by atoms with Crippen LogP contribution in [0.15, 0.2) is 30.3 Å². The lowest BCUT2D eigenvalue weighted by Crippen LogP contribution is -2.36. The van der Waals surface area contributed by atoms with E-state index in [4.69, 9.17) is 0 Å². The highest BCUT2D eigenvalue weighted by Crippen LogP contribution is 2.29. The van der Waals surface area contributed by atoms with E-state index in [1.54, 1.807) is 18.2 Å². The molecule has 0 bridgehead atoms. The summed E-state index contributed by atoms with van der Waals surface area (Å²) in [6, 6.07) is 6.62. The maximum absolute atomic E-state index is 13.0. The van der Waals surface area contributed by atoms with Gasteiger partial charge in [0, 0.05) is 13.0 Å². The summed E-state index contributed by atoms with van der Waals surface area (Å²) in [5, 5.41) is 7.76. The van der Waals surface area contributed by atoms with Crippen LogP contribution < -0.4 is 0 Å². The second-order valence-electron chi connectivity index (χ2n) is 4.50. The summed E-state index contributed by atoms with van der Waals surface area (Å²) in [5.74, 6) is -1.98. The molecule has 2 rings (SSSR count). The molecule has 2 atom stereocenters. The van der Waals surface area contributed by atoms with E-state index in [9.17, 15) is 27.0 Å². The Balaban J connectivity index is 2.33. The van der Waals surface area contributed by atoms with Crippen molar-refractivity contribution in [3.8, 4) is 0 Å². The number of carboxylic acids is 1. The lowest BCUT2D eigenvalue weighted by Gasteiger charge is -2.24. The van der Waals surface area contributed by atoms with E-state index in [-0.39, 0.29) is 0 Å². The molecule has 6 nitrogen and oxygen atoms in total. The topological polar surface area (TPSA) is 91.8 Å². The molecule has 0 saturated carbocycles. The van der Waals surface area contributed by atoms with Gasteiger partial charge in [-0.05, 0) is 5.56 Å². The van der Waals surface area contributed by atoms with E-state index in [0.717, 1.165) is 4.90 Å². The van der Waals surface area contributed by atoms with Gasteiger partial charge in [0.1, 0.15) is 5.25 Å². The molecule has 0 aromatic heterocycles. The standard InChI is InChI=1S/C12H12FNO5S/c13-20(18,19)9-6-10(15)14(7-9)11(12(16)17)8-4-2-1-3-5-8/h1-5,9,11H,6-7H2,(H,16,17)/t9?,11-/m1/s1. The van der Waals surface area contributed by atoms with Crippen molar-refractivity contribution in [2.45, 2.75) is 17.7 Å². The van der Waals surface area contributed by atoms with E-state index in [0.29, 0.717) is 5.56 Å². The number of hydrogen-bond donors (Lipinski definition) is 1. The number of nitrogens with zero attached hydrogens (tertiary/aromatic N) is 1. The van der Waals surface area contributed by atoms with Gasteiger partial charge in [0.15, 0.2) is 6.04 Å². The molecule has 8 heteroatoms. The number of carbonyl (C=O) groups excluding carboxylic acids is 1. The van der Waals surface area contributed by atoms with Gasteiger partial charge in [-0.1, -0.05) is 30.3 Å². The molecule has 1 aliphatic heterocycles. The molecule has 1 aromatic carbocycles. The zero-order valence-electron chi connectivity index (χ0n) is 10.3. The van der Waals surface area contributed by atoms with E-state index < -0.39 is 46.4 Å². The van der Waals surface area contributed by atoms with E-state index >= 15 is 0 Å². The predicted molar refractivity (Wildman–Crippen MR) is 67.0 cm³/mol. The average Bonchev–Trinajstić information content (AvgIpc) is 2.73. The Morgan fingerprint density at radius 2 is 1.95 bits per heavy atom. The first-order valence-electron chi connectivity index (χ1n) is 5.81. The summed E-state index contributed by atoms with van der Waals surface area (Å²) >= 11 is 0. The second-order valence-corrected chi connectivity index (χ2v) is 6.12. The average molecular weight is 301 g/mol. The largest absolute Gasteiger partial charge is 0.479 e. The number of aliphatic carboxylic acids is 1. The minimum Gasteiger partial charge on any atom is -0.479 e. The van der Waals surface area contributed by atoms with Crippen LogP contribution in [-0.4, -0.2) is 42.1 Å². The highest BCUT2D eigenvalue weighted by Gasteiger charge is 2.43. The number of benzene rings is 1. The van der Waals surface area contributed by atoms with Crippen LogP contribution in [0.1, 0.15) is 18.0 Å². The quantitative estimate of drug-likeness (QED) is 0.827. The van der Waals surface area contributed by atoms with Crippen LogP contribution >= 0.6 is 0 Å². The van der Waals surface area contributed by atoms with Crippen molar-refractivity contribution in [1.82, 2.24) is 4.90 Å². The first kappa shape index (κ1) is 14.4. The molecular weight excluding hydrogens is 289 g/mol. The molecule has 1 aromatic rings. The van der Waals surface area contributed by atoms with Gasteiger partial charge in [0.2, 0.25) is 5.91 Å². The molecule has 1 saturated heterocycles. The molecular formula is C12H12FNO5S. The van der Waals surface area contributed by atoms with Crippen LogP contribution in [0, 0.1) is 0 Å². The van der Waals surface area contributed by atoms with E-state index in [1.165, 1.54) is 12.1 Å². The van der Waals surface area contributed by atoms with Crippen LogP contribution in [0.4, 0.5) is 3.89 Å². The van der Waals surface area contributed by atoms with Gasteiger partial charge in [-0.25, -0.2) is 4.79 Å². The van der Waals surface area contributed by atoms with Gasteiger partial charge in [-0.15, -0.1) is 3.89 Å². The Bertz CT molecular complexity index is 631. The Morgan fingerprint density at radius 3 is 2.40 bits per heavy atom. The number of halogens is 1. The molecule has 108 valence electrons. The predicted octanol–water partition coefficient (Wildman–Crippen LogP) is 0.713. The molecule has 1 heterocycles. The molecule has 20 heavy (non-hydrogen) atoms. The van der Waals surface area contributed by atoms with Crippen molar-refractivity contribution in [2.24, 2.45) is 0 Å². The number of carbonyl (C=O) groups is 2. The molecule has 0 aliphatic carbocycles. The molecule has 1 unspecified atom stereocenters. The lowest BCUT2D eigenvalue weighted by atomic mass is 10.1. The van der Waals surface area contributed by atoms with Crippen molar-refractivity contribution >= 4 is 22.1 Å². The molecule has 1 amide bonds. The Labute approximate surface area is 115 Å². The summed E-state index contributed by atoms with van der Waals surface area (Å²) < 4.78 is 34.7. The number of rotatable bonds is 4. The van der Waals surface area contributed by atoms with Crippen molar-refractivity contribution in [1.29, 1.82) is 0 Å². The highest BCUT2D eigenvalue weighted by atomic mass is 32.3. The number of hydrogen-bond acceptors (Lipinski definition) is 4. The summed E-state index contributed by atoms with van der Waals surface area (Å²) in [4.78, 5) is 24.0. The fourth-order valence-electron chi connectivity index (χ4n) is 2.23. The Morgan fingerprint density at radius 1 is 1.35 bits per heavy atom. The zero-order valence-corrected chi connectivity index (χ0v) is 11.1. The number of likely N-dealkylation sites (tertiary alicyclic amines) is 1. The first-order chi connectivity index (χ1) is 9.30. The normalized spacial score (nSPS) is 20.9. The van der Waals surface area contributed by atoms with Crippen LogP contribution in [0.3, 0.4) is 0 Å². The third-order valence-corrected chi connectivity index (χ3v) is 4.29. The van der Waals surface area contributed by atoms with Crippen molar-refractivity contribution < 1.29 is 27.0 Å². The van der Waals surface area contributed by atoms with Crippen molar-refractivity contribution in [3.63, 3.8) is 0 Å². The van der Waals surface area contributed by atoms with Crippen molar-refractivity contribution in [3.05, 3.63) is 35.9 Å². The number of carboxylic acid groups (broad SMARTS) is 1. The minimum atomic E-state index is -4.87. The summed E-state index contributed by atoms with van der Waals surface area (Å²) in [5.41, 5.74) is 0.338. The zero-order chi connectivity index (χ0) is 14.9. The molecule has 0 radical (unpaired) electrons. The summed E-state index contributed by atoms with van der Waals surface area (Å²) in [6.45, 7) is -0.455. The third kappa shape index (κ3) is 2.79. The van der Waals surface area contributed by atoms with E-state index in [2.05, 4.69) is 0 Å². The van der Waals surface area contributed by atoms with Crippen LogP contribution in [-0.2, 0) is 19.8 Å². The summed E-state index contributed by atoms with van der Waals surface area (Å²) in [7, 11) is -4.87. The minimum absolute atomic E-state index is 0.338. The SMILES string of the molecule is O=C(O)[C@@H](c1ccccc1)N1CC(S(=O)(=O)F)CC1=O. The monoisotopic (exact) mass is 301 g/mol. The van der Waals surface area contributed by atoms with Gasteiger partial charge in [0.25, 0.3) is 0 Å². The fraction of sp³-hybridized carbons (Fsp3) is 0.333. The molecule has 1 fully saturated rings. The van der Waals surface area contributed by atoms with Crippen molar-refractivity contribution in [2.75, 3.05) is 6.54 Å². The van der Waals surface area contributed by atoms with Crippen LogP contribution in [0.5, 0.6) is 0 Å². The molecule has 0 spiro atoms. The van der Waals surface area contributed by atoms with Gasteiger partial charge in [0.05, 0.1) is 0 Å². The fourth-order valence-corrected chi connectivity index (χ4v) is 2.91. The van der Waals surface area contributed by atoms with Gasteiger partial charge >= 0.3 is 16.2 Å². The first-order valence-corrected chi connectivity index (χ1v) is 7.26. The summed E-state index contributed by atoms with van der Waals surface area (Å²) in [6.07, 6.45) is -0.532. The van der Waals surface area contributed by atoms with Crippen LogP contribution in [0.2, 0.25) is 0 Å². The third-order valence-electron chi connectivity index (χ3n) is 3.18. The Kier molecular flexibility index (Phi) is 3.76. The molecule has 1 N–H and O–H groups in total. The Hall–Kier alpha value is -1.96. The van der Waals surface area contributed by atoms with Gasteiger partial charge in [-0.3, -0.25) is 4.79 Å². The van der Waals surface area contributed by atoms with Crippen LogP contribution in [0.25, 0.3) is 0 Å².